The van der Waals surface area contributed by atoms with Gasteiger partial charge in [-0.05, 0) is 48.9 Å². The summed E-state index contributed by atoms with van der Waals surface area (Å²) < 4.78 is 18.7. The highest BCUT2D eigenvalue weighted by molar-refractivity contribution is 9.10. The van der Waals surface area contributed by atoms with E-state index in [0.29, 0.717) is 5.69 Å². The number of rotatable bonds is 4. The highest BCUT2D eigenvalue weighted by Crippen LogP contribution is 2.20. The summed E-state index contributed by atoms with van der Waals surface area (Å²) in [7, 11) is 0. The van der Waals surface area contributed by atoms with E-state index in [1.165, 1.54) is 6.07 Å². The van der Waals surface area contributed by atoms with Gasteiger partial charge >= 0.3 is 5.97 Å². The molecule has 0 atom stereocenters. The Hall–Kier alpha value is -1.92. The molecule has 2 aromatic carbocycles. The van der Waals surface area contributed by atoms with Gasteiger partial charge in [0.05, 0.1) is 10.6 Å². The smallest absolute Gasteiger partial charge is 0.340 e. The zero-order valence-electron chi connectivity index (χ0n) is 12.0. The molecule has 0 unspecified atom stereocenters. The molecular weight excluding hydrogens is 389 g/mol. The second-order valence-corrected chi connectivity index (χ2v) is 6.03. The molecule has 0 aliphatic carbocycles. The van der Waals surface area contributed by atoms with Crippen LogP contribution in [0.3, 0.4) is 0 Å². The zero-order valence-corrected chi connectivity index (χ0v) is 14.4. The van der Waals surface area contributed by atoms with E-state index < -0.39 is 24.3 Å². The molecule has 0 saturated carbocycles. The first kappa shape index (κ1) is 17.4. The topological polar surface area (TPSA) is 55.4 Å². The molecule has 0 radical (unpaired) electrons. The van der Waals surface area contributed by atoms with Gasteiger partial charge in [0.2, 0.25) is 0 Å². The number of anilines is 1. The van der Waals surface area contributed by atoms with Crippen molar-refractivity contribution in [2.24, 2.45) is 0 Å². The van der Waals surface area contributed by atoms with Crippen molar-refractivity contribution in [1.29, 1.82) is 0 Å². The van der Waals surface area contributed by atoms with Gasteiger partial charge in [0.1, 0.15) is 5.82 Å². The van der Waals surface area contributed by atoms with Crippen molar-refractivity contribution in [1.82, 2.24) is 0 Å². The number of hydrogen-bond acceptors (Lipinski definition) is 3. The standard InChI is InChI=1S/C16H12BrClFNO3/c1-9-6-10(17)2-5-14(9)20-15(21)8-23-16(22)12-4-3-11(19)7-13(12)18/h2-7H,8H2,1H3,(H,20,21). The van der Waals surface area contributed by atoms with Crippen LogP contribution in [0.2, 0.25) is 5.02 Å². The SMILES string of the molecule is Cc1cc(Br)ccc1NC(=O)COC(=O)c1ccc(F)cc1Cl. The summed E-state index contributed by atoms with van der Waals surface area (Å²) in [5.74, 6) is -1.84. The summed E-state index contributed by atoms with van der Waals surface area (Å²) in [6.45, 7) is 1.37. The third-order valence-corrected chi connectivity index (χ3v) is 3.75. The number of ether oxygens (including phenoxy) is 1. The molecule has 2 aromatic rings. The largest absolute Gasteiger partial charge is 0.452 e. The Balaban J connectivity index is 1.94. The monoisotopic (exact) mass is 399 g/mol. The van der Waals surface area contributed by atoms with Crippen molar-refractivity contribution in [3.8, 4) is 0 Å². The molecule has 2 rings (SSSR count). The molecule has 1 N–H and O–H groups in total. The molecule has 120 valence electrons. The van der Waals surface area contributed by atoms with Crippen LogP contribution < -0.4 is 5.32 Å². The lowest BCUT2D eigenvalue weighted by molar-refractivity contribution is -0.119. The van der Waals surface area contributed by atoms with E-state index >= 15 is 0 Å². The molecule has 4 nitrogen and oxygen atoms in total. The Kier molecular flexibility index (Phi) is 5.74. The van der Waals surface area contributed by atoms with E-state index in [1.54, 1.807) is 12.1 Å². The lowest BCUT2D eigenvalue weighted by atomic mass is 10.2. The quantitative estimate of drug-likeness (QED) is 0.777. The number of aryl methyl sites for hydroxylation is 1. The van der Waals surface area contributed by atoms with Gasteiger partial charge in [-0.3, -0.25) is 4.79 Å². The van der Waals surface area contributed by atoms with E-state index in [0.717, 1.165) is 22.2 Å². The number of amides is 1. The van der Waals surface area contributed by atoms with Gasteiger partial charge in [-0.25, -0.2) is 9.18 Å². The van der Waals surface area contributed by atoms with Crippen LogP contribution in [-0.4, -0.2) is 18.5 Å². The Morgan fingerprint density at radius 2 is 2.00 bits per heavy atom. The van der Waals surface area contributed by atoms with Gasteiger partial charge in [0, 0.05) is 10.2 Å². The van der Waals surface area contributed by atoms with Crippen LogP contribution >= 0.6 is 27.5 Å². The van der Waals surface area contributed by atoms with E-state index in [1.807, 2.05) is 13.0 Å². The minimum Gasteiger partial charge on any atom is -0.452 e. The number of hydrogen-bond donors (Lipinski definition) is 1. The number of carbonyl (C=O) groups excluding carboxylic acids is 2. The molecule has 23 heavy (non-hydrogen) atoms. The second kappa shape index (κ2) is 7.57. The number of benzene rings is 2. The van der Waals surface area contributed by atoms with Crippen LogP contribution in [0.15, 0.2) is 40.9 Å². The minimum atomic E-state index is -0.794. The van der Waals surface area contributed by atoms with Crippen LogP contribution in [0.4, 0.5) is 10.1 Å². The third kappa shape index (κ3) is 4.77. The Labute approximate surface area is 145 Å². The molecule has 0 bridgehead atoms. The molecule has 0 aromatic heterocycles. The molecule has 0 saturated heterocycles. The Morgan fingerprint density at radius 1 is 1.26 bits per heavy atom. The summed E-state index contributed by atoms with van der Waals surface area (Å²) in [4.78, 5) is 23.7. The van der Waals surface area contributed by atoms with Crippen LogP contribution in [0.5, 0.6) is 0 Å². The van der Waals surface area contributed by atoms with Crippen molar-refractivity contribution in [2.45, 2.75) is 6.92 Å². The first-order valence-corrected chi connectivity index (χ1v) is 7.72. The Bertz CT molecular complexity index is 767. The van der Waals surface area contributed by atoms with E-state index in [9.17, 15) is 14.0 Å². The van der Waals surface area contributed by atoms with Gasteiger partial charge in [-0.1, -0.05) is 27.5 Å². The average molecular weight is 401 g/mol. The summed E-state index contributed by atoms with van der Waals surface area (Å²) in [6.07, 6.45) is 0. The van der Waals surface area contributed by atoms with Crippen LogP contribution in [0.25, 0.3) is 0 Å². The molecular formula is C16H12BrClFNO3. The maximum Gasteiger partial charge on any atom is 0.340 e. The number of nitrogens with one attached hydrogen (secondary N) is 1. The molecule has 7 heteroatoms. The van der Waals surface area contributed by atoms with Gasteiger partial charge in [0.15, 0.2) is 6.61 Å². The normalized spacial score (nSPS) is 10.3. The van der Waals surface area contributed by atoms with Crippen molar-refractivity contribution in [3.05, 3.63) is 62.8 Å². The maximum absolute atomic E-state index is 12.9. The van der Waals surface area contributed by atoms with Crippen molar-refractivity contribution in [3.63, 3.8) is 0 Å². The predicted octanol–water partition coefficient (Wildman–Crippen LogP) is 4.35. The van der Waals surface area contributed by atoms with Gasteiger partial charge < -0.3 is 10.1 Å². The molecule has 1 amide bonds. The summed E-state index contributed by atoms with van der Waals surface area (Å²) in [5.41, 5.74) is 1.48. The average Bonchev–Trinajstić information content (AvgIpc) is 2.48. The van der Waals surface area contributed by atoms with Crippen LogP contribution in [-0.2, 0) is 9.53 Å². The first-order chi connectivity index (χ1) is 10.9. The van der Waals surface area contributed by atoms with Crippen molar-refractivity contribution >= 4 is 45.1 Å². The maximum atomic E-state index is 12.9. The van der Waals surface area contributed by atoms with Crippen molar-refractivity contribution < 1.29 is 18.7 Å². The molecule has 0 aliphatic rings. The fraction of sp³-hybridized carbons (Fsp3) is 0.125. The summed E-state index contributed by atoms with van der Waals surface area (Å²) in [5, 5.41) is 2.57. The van der Waals surface area contributed by atoms with Crippen LogP contribution in [0, 0.1) is 12.7 Å². The summed E-state index contributed by atoms with van der Waals surface area (Å²) in [6, 6.07) is 8.66. The van der Waals surface area contributed by atoms with E-state index in [4.69, 9.17) is 16.3 Å². The number of esters is 1. The molecule has 0 fully saturated rings. The fourth-order valence-electron chi connectivity index (χ4n) is 1.82. The highest BCUT2D eigenvalue weighted by Gasteiger charge is 2.14. The fourth-order valence-corrected chi connectivity index (χ4v) is 2.54. The molecule has 0 spiro atoms. The first-order valence-electron chi connectivity index (χ1n) is 6.55. The van der Waals surface area contributed by atoms with E-state index in [2.05, 4.69) is 21.2 Å². The highest BCUT2D eigenvalue weighted by atomic mass is 79.9. The second-order valence-electron chi connectivity index (χ2n) is 4.71. The van der Waals surface area contributed by atoms with Gasteiger partial charge in [-0.15, -0.1) is 0 Å². The number of carbonyl (C=O) groups is 2. The summed E-state index contributed by atoms with van der Waals surface area (Å²) >= 11 is 9.09. The van der Waals surface area contributed by atoms with E-state index in [-0.39, 0.29) is 10.6 Å². The van der Waals surface area contributed by atoms with Gasteiger partial charge in [-0.2, -0.15) is 0 Å². The molecule has 0 aliphatic heterocycles. The van der Waals surface area contributed by atoms with Gasteiger partial charge in [0.25, 0.3) is 5.91 Å². The lowest BCUT2D eigenvalue weighted by Crippen LogP contribution is -2.21. The van der Waals surface area contributed by atoms with Crippen LogP contribution in [0.1, 0.15) is 15.9 Å². The number of halogens is 3. The molecule has 0 heterocycles. The van der Waals surface area contributed by atoms with Crippen molar-refractivity contribution in [2.75, 3.05) is 11.9 Å². The third-order valence-electron chi connectivity index (χ3n) is 2.95. The zero-order chi connectivity index (χ0) is 17.0. The predicted molar refractivity (Wildman–Crippen MR) is 89.2 cm³/mol. The lowest BCUT2D eigenvalue weighted by Gasteiger charge is -2.09. The Morgan fingerprint density at radius 3 is 2.65 bits per heavy atom. The minimum absolute atomic E-state index is 0.000638.